The van der Waals surface area contributed by atoms with Crippen LogP contribution in [0.5, 0.6) is 0 Å². The lowest BCUT2D eigenvalue weighted by Crippen LogP contribution is -2.41. The average molecular weight is 410 g/mol. The SMILES string of the molecule is CCN(CC(=O)NCc1cccs1)C(=O)c1ccc(=O)n(Cc2ccccc2)n1. The fourth-order valence-electron chi connectivity index (χ4n) is 2.75. The van der Waals surface area contributed by atoms with Crippen molar-refractivity contribution in [3.05, 3.63) is 86.5 Å². The molecule has 0 saturated heterocycles. The van der Waals surface area contributed by atoms with E-state index < -0.39 is 0 Å². The molecule has 0 radical (unpaired) electrons. The van der Waals surface area contributed by atoms with E-state index in [0.29, 0.717) is 13.1 Å². The Balaban J connectivity index is 1.67. The third kappa shape index (κ3) is 5.61. The molecule has 150 valence electrons. The number of carbonyl (C=O) groups excluding carboxylic acids is 2. The Hall–Kier alpha value is -3.26. The number of rotatable bonds is 8. The van der Waals surface area contributed by atoms with E-state index in [9.17, 15) is 14.4 Å². The number of amides is 2. The molecule has 0 aliphatic rings. The van der Waals surface area contributed by atoms with Gasteiger partial charge in [-0.25, -0.2) is 4.68 Å². The maximum absolute atomic E-state index is 12.8. The predicted molar refractivity (Wildman–Crippen MR) is 112 cm³/mol. The third-order valence-electron chi connectivity index (χ3n) is 4.30. The molecule has 29 heavy (non-hydrogen) atoms. The van der Waals surface area contributed by atoms with Crippen molar-refractivity contribution in [1.29, 1.82) is 0 Å². The van der Waals surface area contributed by atoms with Crippen molar-refractivity contribution in [2.45, 2.75) is 20.0 Å². The molecule has 0 unspecified atom stereocenters. The topological polar surface area (TPSA) is 84.3 Å². The van der Waals surface area contributed by atoms with Crippen LogP contribution >= 0.6 is 11.3 Å². The van der Waals surface area contributed by atoms with Crippen molar-refractivity contribution in [2.75, 3.05) is 13.1 Å². The molecular formula is C21H22N4O3S. The minimum Gasteiger partial charge on any atom is -0.350 e. The van der Waals surface area contributed by atoms with Crippen LogP contribution in [0.2, 0.25) is 0 Å². The Morgan fingerprint density at radius 2 is 1.90 bits per heavy atom. The van der Waals surface area contributed by atoms with Gasteiger partial charge in [-0.3, -0.25) is 14.4 Å². The summed E-state index contributed by atoms with van der Waals surface area (Å²) >= 11 is 1.56. The summed E-state index contributed by atoms with van der Waals surface area (Å²) < 4.78 is 1.26. The molecule has 1 N–H and O–H groups in total. The van der Waals surface area contributed by atoms with Crippen molar-refractivity contribution in [2.24, 2.45) is 0 Å². The van der Waals surface area contributed by atoms with Crippen LogP contribution in [-0.4, -0.2) is 39.6 Å². The van der Waals surface area contributed by atoms with E-state index >= 15 is 0 Å². The fourth-order valence-corrected chi connectivity index (χ4v) is 3.39. The van der Waals surface area contributed by atoms with Crippen molar-refractivity contribution < 1.29 is 9.59 Å². The fraction of sp³-hybridized carbons (Fsp3) is 0.238. The minimum atomic E-state index is -0.388. The van der Waals surface area contributed by atoms with Crippen LogP contribution in [0.25, 0.3) is 0 Å². The molecule has 3 rings (SSSR count). The highest BCUT2D eigenvalue weighted by molar-refractivity contribution is 7.09. The highest BCUT2D eigenvalue weighted by Gasteiger charge is 2.19. The molecule has 1 aromatic carbocycles. The minimum absolute atomic E-state index is 0.0692. The second-order valence-corrected chi connectivity index (χ2v) is 7.41. The van der Waals surface area contributed by atoms with Gasteiger partial charge in [0.1, 0.15) is 5.69 Å². The molecule has 3 aromatic rings. The Labute approximate surface area is 172 Å². The second kappa shape index (κ2) is 9.79. The summed E-state index contributed by atoms with van der Waals surface area (Å²) in [5.41, 5.74) is 0.752. The Kier molecular flexibility index (Phi) is 6.91. The molecule has 0 atom stereocenters. The lowest BCUT2D eigenvalue weighted by molar-refractivity contribution is -0.121. The van der Waals surface area contributed by atoms with Crippen molar-refractivity contribution in [1.82, 2.24) is 20.0 Å². The summed E-state index contributed by atoms with van der Waals surface area (Å²) in [6, 6.07) is 16.0. The van der Waals surface area contributed by atoms with E-state index in [0.717, 1.165) is 10.4 Å². The van der Waals surface area contributed by atoms with E-state index in [2.05, 4.69) is 10.4 Å². The third-order valence-corrected chi connectivity index (χ3v) is 5.18. The smallest absolute Gasteiger partial charge is 0.274 e. The maximum atomic E-state index is 12.8. The van der Waals surface area contributed by atoms with E-state index in [1.165, 1.54) is 21.7 Å². The van der Waals surface area contributed by atoms with E-state index in [1.807, 2.05) is 47.8 Å². The van der Waals surface area contributed by atoms with Crippen molar-refractivity contribution in [3.8, 4) is 0 Å². The first-order valence-electron chi connectivity index (χ1n) is 9.27. The van der Waals surface area contributed by atoms with Gasteiger partial charge >= 0.3 is 0 Å². The number of nitrogens with zero attached hydrogens (tertiary/aromatic N) is 3. The zero-order valence-electron chi connectivity index (χ0n) is 16.1. The summed E-state index contributed by atoms with van der Waals surface area (Å²) in [6.07, 6.45) is 0. The normalized spacial score (nSPS) is 10.5. The average Bonchev–Trinajstić information content (AvgIpc) is 3.26. The highest BCUT2D eigenvalue weighted by atomic mass is 32.1. The number of benzene rings is 1. The quantitative estimate of drug-likeness (QED) is 0.617. The number of hydrogen-bond acceptors (Lipinski definition) is 5. The Morgan fingerprint density at radius 1 is 1.10 bits per heavy atom. The molecule has 2 aromatic heterocycles. The number of nitrogens with one attached hydrogen (secondary N) is 1. The summed E-state index contributed by atoms with van der Waals surface area (Å²) in [6.45, 7) is 2.78. The van der Waals surface area contributed by atoms with Gasteiger partial charge in [-0.15, -0.1) is 11.3 Å². The summed E-state index contributed by atoms with van der Waals surface area (Å²) in [7, 11) is 0. The molecule has 0 bridgehead atoms. The summed E-state index contributed by atoms with van der Waals surface area (Å²) in [5, 5.41) is 8.97. The molecule has 0 spiro atoms. The van der Waals surface area contributed by atoms with Crippen molar-refractivity contribution in [3.63, 3.8) is 0 Å². The Bertz CT molecular complexity index is 1020. The number of thiophene rings is 1. The van der Waals surface area contributed by atoms with Crippen LogP contribution in [0.1, 0.15) is 27.9 Å². The van der Waals surface area contributed by atoms with Crippen LogP contribution < -0.4 is 10.9 Å². The summed E-state index contributed by atoms with van der Waals surface area (Å²) in [4.78, 5) is 39.6. The van der Waals surface area contributed by atoms with Crippen LogP contribution in [0.15, 0.2) is 64.8 Å². The van der Waals surface area contributed by atoms with Gasteiger partial charge in [0, 0.05) is 17.5 Å². The zero-order valence-corrected chi connectivity index (χ0v) is 16.9. The van der Waals surface area contributed by atoms with Gasteiger partial charge in [-0.05, 0) is 30.0 Å². The molecule has 2 amide bonds. The molecule has 8 heteroatoms. The van der Waals surface area contributed by atoms with E-state index in [4.69, 9.17) is 0 Å². The molecule has 0 saturated carbocycles. The predicted octanol–water partition coefficient (Wildman–Crippen LogP) is 2.13. The standard InChI is InChI=1S/C21H22N4O3S/c1-2-24(15-19(26)22-13-17-9-6-12-29-17)21(28)18-10-11-20(27)25(23-18)14-16-7-4-3-5-8-16/h3-12H,2,13-15H2,1H3,(H,22,26). The lowest BCUT2D eigenvalue weighted by atomic mass is 10.2. The number of hydrogen-bond donors (Lipinski definition) is 1. The molecular weight excluding hydrogens is 388 g/mol. The maximum Gasteiger partial charge on any atom is 0.274 e. The molecule has 0 aliphatic carbocycles. The molecule has 0 aliphatic heterocycles. The molecule has 0 fully saturated rings. The van der Waals surface area contributed by atoms with Gasteiger partial charge in [-0.2, -0.15) is 5.10 Å². The van der Waals surface area contributed by atoms with E-state index in [-0.39, 0.29) is 36.2 Å². The van der Waals surface area contributed by atoms with Crippen LogP contribution in [0.4, 0.5) is 0 Å². The highest BCUT2D eigenvalue weighted by Crippen LogP contribution is 2.07. The van der Waals surface area contributed by atoms with Crippen LogP contribution in [-0.2, 0) is 17.9 Å². The van der Waals surface area contributed by atoms with Gasteiger partial charge in [0.25, 0.3) is 11.5 Å². The van der Waals surface area contributed by atoms with Gasteiger partial charge in [0.05, 0.1) is 19.6 Å². The number of aromatic nitrogens is 2. The van der Waals surface area contributed by atoms with Gasteiger partial charge in [-0.1, -0.05) is 36.4 Å². The monoisotopic (exact) mass is 410 g/mol. The largest absolute Gasteiger partial charge is 0.350 e. The number of likely N-dealkylation sites (N-methyl/N-ethyl adjacent to an activating group) is 1. The first-order chi connectivity index (χ1) is 14.1. The number of carbonyl (C=O) groups is 2. The second-order valence-electron chi connectivity index (χ2n) is 6.38. The van der Waals surface area contributed by atoms with Gasteiger partial charge in [0.15, 0.2) is 0 Å². The first-order valence-corrected chi connectivity index (χ1v) is 10.1. The Morgan fingerprint density at radius 3 is 2.59 bits per heavy atom. The molecule has 2 heterocycles. The van der Waals surface area contributed by atoms with Gasteiger partial charge in [0.2, 0.25) is 5.91 Å². The van der Waals surface area contributed by atoms with Gasteiger partial charge < -0.3 is 10.2 Å². The summed E-state index contributed by atoms with van der Waals surface area (Å²) in [5.74, 6) is -0.633. The first kappa shape index (κ1) is 20.5. The van der Waals surface area contributed by atoms with Crippen molar-refractivity contribution >= 4 is 23.2 Å². The van der Waals surface area contributed by atoms with Crippen LogP contribution in [0, 0.1) is 0 Å². The molecule has 7 nitrogen and oxygen atoms in total. The van der Waals surface area contributed by atoms with E-state index in [1.54, 1.807) is 18.3 Å². The van der Waals surface area contributed by atoms with Crippen LogP contribution in [0.3, 0.4) is 0 Å². The lowest BCUT2D eigenvalue weighted by Gasteiger charge is -2.20. The zero-order chi connectivity index (χ0) is 20.6.